The van der Waals surface area contributed by atoms with Gasteiger partial charge in [0.15, 0.2) is 11.6 Å². The van der Waals surface area contributed by atoms with Crippen molar-refractivity contribution in [2.75, 3.05) is 0 Å². The van der Waals surface area contributed by atoms with Crippen LogP contribution in [0.25, 0.3) is 0 Å². The van der Waals surface area contributed by atoms with Crippen molar-refractivity contribution in [1.82, 2.24) is 0 Å². The first-order valence-electron chi connectivity index (χ1n) is 4.65. The second-order valence-corrected chi connectivity index (χ2v) is 3.17. The lowest BCUT2D eigenvalue weighted by Gasteiger charge is -1.99. The molecule has 0 amide bonds. The van der Waals surface area contributed by atoms with Crippen molar-refractivity contribution < 1.29 is 9.59 Å². The zero-order chi connectivity index (χ0) is 9.68. The van der Waals surface area contributed by atoms with Crippen LogP contribution in [0.5, 0.6) is 0 Å². The zero-order valence-electron chi connectivity index (χ0n) is 7.82. The van der Waals surface area contributed by atoms with Gasteiger partial charge in [-0.15, -0.1) is 0 Å². The third-order valence-corrected chi connectivity index (χ3v) is 2.04. The monoisotopic (exact) mass is 178 g/mol. The van der Waals surface area contributed by atoms with E-state index in [1.807, 2.05) is 6.08 Å². The first-order valence-corrected chi connectivity index (χ1v) is 4.65. The topological polar surface area (TPSA) is 34.1 Å². The summed E-state index contributed by atoms with van der Waals surface area (Å²) in [4.78, 5) is 22.5. The molecule has 1 atom stereocenters. The maximum absolute atomic E-state index is 11.4. The van der Waals surface area contributed by atoms with E-state index in [-0.39, 0.29) is 11.6 Å². The molecule has 0 N–H and O–H groups in total. The molecule has 0 spiro atoms. The van der Waals surface area contributed by atoms with E-state index in [0.717, 1.165) is 12.8 Å². The van der Waals surface area contributed by atoms with Crippen molar-refractivity contribution in [3.63, 3.8) is 0 Å². The van der Waals surface area contributed by atoms with Gasteiger partial charge < -0.3 is 0 Å². The van der Waals surface area contributed by atoms with Gasteiger partial charge in [-0.25, -0.2) is 0 Å². The molecule has 0 aromatic heterocycles. The molecule has 0 heterocycles. The highest BCUT2D eigenvalue weighted by Gasteiger charge is 2.24. The molecule has 2 nitrogen and oxygen atoms in total. The molecule has 0 radical (unpaired) electrons. The summed E-state index contributed by atoms with van der Waals surface area (Å²) >= 11 is 0. The minimum Gasteiger partial charge on any atom is -0.298 e. The summed E-state index contributed by atoms with van der Waals surface area (Å²) in [5.41, 5.74) is 0. The van der Waals surface area contributed by atoms with Crippen molar-refractivity contribution in [3.05, 3.63) is 24.3 Å². The Morgan fingerprint density at radius 1 is 1.69 bits per heavy atom. The van der Waals surface area contributed by atoms with Crippen molar-refractivity contribution in [1.29, 1.82) is 0 Å². The van der Waals surface area contributed by atoms with E-state index in [0.29, 0.717) is 6.42 Å². The van der Waals surface area contributed by atoms with Gasteiger partial charge in [0, 0.05) is 6.42 Å². The first-order chi connectivity index (χ1) is 6.25. The third-order valence-electron chi connectivity index (χ3n) is 2.04. The number of ketones is 2. The van der Waals surface area contributed by atoms with E-state index >= 15 is 0 Å². The highest BCUT2D eigenvalue weighted by molar-refractivity contribution is 6.10. The Labute approximate surface area is 78.3 Å². The van der Waals surface area contributed by atoms with E-state index in [9.17, 15) is 9.59 Å². The SMILES string of the molecule is CCCC=CC(=O)C1C=CCC1=O. The fourth-order valence-corrected chi connectivity index (χ4v) is 1.28. The summed E-state index contributed by atoms with van der Waals surface area (Å²) in [6, 6.07) is 0. The van der Waals surface area contributed by atoms with E-state index < -0.39 is 5.92 Å². The quantitative estimate of drug-likeness (QED) is 0.375. The molecule has 1 unspecified atom stereocenters. The van der Waals surface area contributed by atoms with Crippen molar-refractivity contribution in [3.8, 4) is 0 Å². The van der Waals surface area contributed by atoms with Crippen LogP contribution in [0.2, 0.25) is 0 Å². The molecule has 13 heavy (non-hydrogen) atoms. The number of hydrogen-bond donors (Lipinski definition) is 0. The molecule has 1 rings (SSSR count). The van der Waals surface area contributed by atoms with E-state index in [2.05, 4.69) is 6.92 Å². The number of hydrogen-bond acceptors (Lipinski definition) is 2. The summed E-state index contributed by atoms with van der Waals surface area (Å²) in [5, 5.41) is 0. The minimum absolute atomic E-state index is 0.0196. The van der Waals surface area contributed by atoms with Crippen LogP contribution >= 0.6 is 0 Å². The van der Waals surface area contributed by atoms with E-state index in [1.54, 1.807) is 12.2 Å². The number of unbranched alkanes of at least 4 members (excludes halogenated alkanes) is 1. The molecule has 70 valence electrons. The molecular formula is C11H14O2. The fraction of sp³-hybridized carbons (Fsp3) is 0.455. The van der Waals surface area contributed by atoms with E-state index in [1.165, 1.54) is 6.08 Å². The van der Waals surface area contributed by atoms with Crippen LogP contribution in [-0.4, -0.2) is 11.6 Å². The summed E-state index contributed by atoms with van der Waals surface area (Å²) < 4.78 is 0. The number of Topliss-reactive ketones (excluding diaryl/α,β-unsaturated/α-hetero) is 1. The molecular weight excluding hydrogens is 164 g/mol. The standard InChI is InChI=1S/C11H14O2/c1-2-3-4-7-10(12)9-6-5-8-11(9)13/h4-7,9H,2-3,8H2,1H3. The second-order valence-electron chi connectivity index (χ2n) is 3.17. The number of allylic oxidation sites excluding steroid dienone is 4. The average molecular weight is 178 g/mol. The lowest BCUT2D eigenvalue weighted by molar-refractivity contribution is -0.127. The third kappa shape index (κ3) is 2.65. The lowest BCUT2D eigenvalue weighted by atomic mass is 10.0. The minimum atomic E-state index is -0.492. The summed E-state index contributed by atoms with van der Waals surface area (Å²) in [7, 11) is 0. The molecule has 0 aromatic rings. The summed E-state index contributed by atoms with van der Waals surface area (Å²) in [5.74, 6) is -0.550. The Bertz CT molecular complexity index is 261. The van der Waals surface area contributed by atoms with Gasteiger partial charge in [0.05, 0.1) is 5.92 Å². The molecule has 1 aliphatic rings. The highest BCUT2D eigenvalue weighted by Crippen LogP contribution is 2.14. The molecule has 2 heteroatoms. The van der Waals surface area contributed by atoms with Gasteiger partial charge >= 0.3 is 0 Å². The second kappa shape index (κ2) is 4.75. The van der Waals surface area contributed by atoms with Crippen LogP contribution in [-0.2, 0) is 9.59 Å². The average Bonchev–Trinajstić information content (AvgIpc) is 2.52. The largest absolute Gasteiger partial charge is 0.298 e. The van der Waals surface area contributed by atoms with Gasteiger partial charge in [-0.05, 0) is 12.5 Å². The molecule has 0 aromatic carbocycles. The van der Waals surface area contributed by atoms with Gasteiger partial charge in [-0.3, -0.25) is 9.59 Å². The van der Waals surface area contributed by atoms with E-state index in [4.69, 9.17) is 0 Å². The number of carbonyl (C=O) groups is 2. The summed E-state index contributed by atoms with van der Waals surface area (Å²) in [6.45, 7) is 2.05. The molecule has 0 saturated heterocycles. The maximum Gasteiger partial charge on any atom is 0.169 e. The Morgan fingerprint density at radius 2 is 2.46 bits per heavy atom. The molecule has 0 fully saturated rings. The Hall–Kier alpha value is -1.18. The molecule has 0 saturated carbocycles. The fourth-order valence-electron chi connectivity index (χ4n) is 1.28. The predicted molar refractivity (Wildman–Crippen MR) is 51.3 cm³/mol. The number of rotatable bonds is 4. The van der Waals surface area contributed by atoms with Crippen LogP contribution in [0, 0.1) is 5.92 Å². The molecule has 0 bridgehead atoms. The van der Waals surface area contributed by atoms with Gasteiger partial charge in [0.2, 0.25) is 0 Å². The highest BCUT2D eigenvalue weighted by atomic mass is 16.1. The van der Waals surface area contributed by atoms with Gasteiger partial charge in [0.25, 0.3) is 0 Å². The van der Waals surface area contributed by atoms with Gasteiger partial charge in [-0.2, -0.15) is 0 Å². The Morgan fingerprint density at radius 3 is 3.00 bits per heavy atom. The van der Waals surface area contributed by atoms with Crippen LogP contribution in [0.15, 0.2) is 24.3 Å². The van der Waals surface area contributed by atoms with Crippen LogP contribution in [0.1, 0.15) is 26.2 Å². The van der Waals surface area contributed by atoms with Crippen LogP contribution in [0.4, 0.5) is 0 Å². The van der Waals surface area contributed by atoms with Gasteiger partial charge in [0.1, 0.15) is 0 Å². The summed E-state index contributed by atoms with van der Waals surface area (Å²) in [6.07, 6.45) is 9.16. The lowest BCUT2D eigenvalue weighted by Crippen LogP contribution is -2.15. The smallest absolute Gasteiger partial charge is 0.169 e. The number of carbonyl (C=O) groups excluding carboxylic acids is 2. The normalized spacial score (nSPS) is 21.6. The first kappa shape index (κ1) is 9.90. The Balaban J connectivity index is 2.48. The van der Waals surface area contributed by atoms with Crippen LogP contribution < -0.4 is 0 Å². The van der Waals surface area contributed by atoms with Crippen molar-refractivity contribution >= 4 is 11.6 Å². The zero-order valence-corrected chi connectivity index (χ0v) is 7.82. The van der Waals surface area contributed by atoms with Gasteiger partial charge in [-0.1, -0.05) is 31.6 Å². The maximum atomic E-state index is 11.4. The molecule has 1 aliphatic carbocycles. The Kier molecular flexibility index (Phi) is 3.62. The molecule has 0 aliphatic heterocycles. The predicted octanol–water partition coefficient (Wildman–Crippen LogP) is 2.06. The van der Waals surface area contributed by atoms with Crippen molar-refractivity contribution in [2.45, 2.75) is 26.2 Å². The van der Waals surface area contributed by atoms with Crippen molar-refractivity contribution in [2.24, 2.45) is 5.92 Å². The van der Waals surface area contributed by atoms with Crippen LogP contribution in [0.3, 0.4) is 0 Å².